The van der Waals surface area contributed by atoms with Crippen LogP contribution in [-0.2, 0) is 4.74 Å². The van der Waals surface area contributed by atoms with E-state index in [9.17, 15) is 0 Å². The average Bonchev–Trinajstić information content (AvgIpc) is 2.88. The summed E-state index contributed by atoms with van der Waals surface area (Å²) in [6.07, 6.45) is 9.07. The van der Waals surface area contributed by atoms with Crippen molar-refractivity contribution in [2.24, 2.45) is 0 Å². The predicted octanol–water partition coefficient (Wildman–Crippen LogP) is 4.56. The molecule has 2 aliphatic rings. The molecule has 1 atom stereocenters. The third-order valence-electron chi connectivity index (χ3n) is 5.52. The van der Waals surface area contributed by atoms with E-state index in [1.165, 1.54) is 56.1 Å². The minimum absolute atomic E-state index is 0.00172. The Kier molecular flexibility index (Phi) is 4.66. The number of rotatable bonds is 6. The maximum atomic E-state index is 6.28. The molecule has 2 heteroatoms. The molecule has 1 unspecified atom stereocenters. The van der Waals surface area contributed by atoms with Gasteiger partial charge in [-0.15, -0.1) is 0 Å². The van der Waals surface area contributed by atoms with Crippen LogP contribution in [-0.4, -0.2) is 19.3 Å². The van der Waals surface area contributed by atoms with Crippen molar-refractivity contribution < 1.29 is 4.74 Å². The van der Waals surface area contributed by atoms with E-state index in [4.69, 9.17) is 4.74 Å². The van der Waals surface area contributed by atoms with Crippen molar-refractivity contribution in [3.63, 3.8) is 0 Å². The van der Waals surface area contributed by atoms with Crippen LogP contribution in [0.25, 0.3) is 0 Å². The summed E-state index contributed by atoms with van der Waals surface area (Å²) in [5.74, 6) is 0.800. The molecule has 2 aliphatic carbocycles. The zero-order valence-corrected chi connectivity index (χ0v) is 13.5. The van der Waals surface area contributed by atoms with Gasteiger partial charge in [-0.3, -0.25) is 0 Å². The topological polar surface area (TPSA) is 21.3 Å². The smallest absolute Gasteiger partial charge is 0.0876 e. The van der Waals surface area contributed by atoms with Gasteiger partial charge in [0.1, 0.15) is 0 Å². The van der Waals surface area contributed by atoms with E-state index in [-0.39, 0.29) is 5.60 Å². The van der Waals surface area contributed by atoms with Crippen LogP contribution in [0, 0.1) is 0 Å². The second-order valence-electron chi connectivity index (χ2n) is 6.72. The Morgan fingerprint density at radius 2 is 2.00 bits per heavy atom. The van der Waals surface area contributed by atoms with Crippen molar-refractivity contribution in [2.45, 2.75) is 69.4 Å². The molecule has 21 heavy (non-hydrogen) atoms. The zero-order valence-electron chi connectivity index (χ0n) is 13.5. The quantitative estimate of drug-likeness (QED) is 0.828. The summed E-state index contributed by atoms with van der Waals surface area (Å²) in [6, 6.07) is 9.58. The van der Waals surface area contributed by atoms with Gasteiger partial charge in [-0.2, -0.15) is 0 Å². The summed E-state index contributed by atoms with van der Waals surface area (Å²) >= 11 is 0. The SMILES string of the molecule is CCOC1(C(NC)c2cccc(C3CCC3)c2)CCCC1. The van der Waals surface area contributed by atoms with Crippen molar-refractivity contribution in [1.82, 2.24) is 5.32 Å². The van der Waals surface area contributed by atoms with Crippen LogP contribution in [0.4, 0.5) is 0 Å². The first-order valence-electron chi connectivity index (χ1n) is 8.70. The van der Waals surface area contributed by atoms with Gasteiger partial charge in [0.15, 0.2) is 0 Å². The van der Waals surface area contributed by atoms with Gasteiger partial charge in [0, 0.05) is 6.61 Å². The van der Waals surface area contributed by atoms with Crippen molar-refractivity contribution in [3.8, 4) is 0 Å². The molecule has 0 spiro atoms. The van der Waals surface area contributed by atoms with Crippen LogP contribution in [0.1, 0.15) is 75.0 Å². The lowest BCUT2D eigenvalue weighted by Gasteiger charge is -2.38. The molecule has 2 fully saturated rings. The largest absolute Gasteiger partial charge is 0.373 e. The molecular formula is C19H29NO. The fourth-order valence-electron chi connectivity index (χ4n) is 4.24. The molecule has 0 aromatic heterocycles. The summed E-state index contributed by atoms with van der Waals surface area (Å²) in [4.78, 5) is 0. The Bertz CT molecular complexity index is 460. The maximum absolute atomic E-state index is 6.28. The summed E-state index contributed by atoms with van der Waals surface area (Å²) in [5, 5.41) is 3.56. The van der Waals surface area contributed by atoms with E-state index in [0.717, 1.165) is 12.5 Å². The van der Waals surface area contributed by atoms with Crippen LogP contribution < -0.4 is 5.32 Å². The molecule has 2 nitrogen and oxygen atoms in total. The van der Waals surface area contributed by atoms with Crippen molar-refractivity contribution in [1.29, 1.82) is 0 Å². The second kappa shape index (κ2) is 6.50. The number of ether oxygens (including phenoxy) is 1. The van der Waals surface area contributed by atoms with Crippen LogP contribution >= 0.6 is 0 Å². The maximum Gasteiger partial charge on any atom is 0.0876 e. The Hall–Kier alpha value is -0.860. The number of hydrogen-bond acceptors (Lipinski definition) is 2. The highest BCUT2D eigenvalue weighted by atomic mass is 16.5. The number of likely N-dealkylation sites (N-methyl/N-ethyl adjacent to an activating group) is 1. The first-order chi connectivity index (χ1) is 10.3. The van der Waals surface area contributed by atoms with Gasteiger partial charge in [0.2, 0.25) is 0 Å². The Labute approximate surface area is 129 Å². The normalized spacial score (nSPS) is 23.0. The zero-order chi connectivity index (χ0) is 14.7. The van der Waals surface area contributed by atoms with Gasteiger partial charge in [-0.1, -0.05) is 43.5 Å². The van der Waals surface area contributed by atoms with Crippen LogP contribution in [0.2, 0.25) is 0 Å². The number of benzene rings is 1. The minimum atomic E-state index is 0.00172. The predicted molar refractivity (Wildman–Crippen MR) is 87.7 cm³/mol. The molecule has 116 valence electrons. The molecule has 0 amide bonds. The molecular weight excluding hydrogens is 258 g/mol. The van der Waals surface area contributed by atoms with E-state index in [1.54, 1.807) is 0 Å². The molecule has 1 aromatic carbocycles. The van der Waals surface area contributed by atoms with Crippen molar-refractivity contribution in [3.05, 3.63) is 35.4 Å². The van der Waals surface area contributed by atoms with Crippen molar-refractivity contribution >= 4 is 0 Å². The fraction of sp³-hybridized carbons (Fsp3) is 0.684. The Morgan fingerprint density at radius 1 is 1.24 bits per heavy atom. The lowest BCUT2D eigenvalue weighted by Crippen LogP contribution is -2.43. The highest BCUT2D eigenvalue weighted by molar-refractivity contribution is 5.31. The monoisotopic (exact) mass is 287 g/mol. The standard InChI is InChI=1S/C19H29NO/c1-3-21-19(12-4-5-13-19)18(20-2)17-11-7-10-16(14-17)15-8-6-9-15/h7,10-11,14-15,18,20H,3-6,8-9,12-13H2,1-2H3. The number of hydrogen-bond donors (Lipinski definition) is 1. The first-order valence-corrected chi connectivity index (χ1v) is 8.70. The van der Waals surface area contributed by atoms with E-state index in [2.05, 4.69) is 43.6 Å². The van der Waals surface area contributed by atoms with Gasteiger partial charge in [0.05, 0.1) is 11.6 Å². The van der Waals surface area contributed by atoms with E-state index in [0.29, 0.717) is 6.04 Å². The summed E-state index contributed by atoms with van der Waals surface area (Å²) in [5.41, 5.74) is 2.95. The number of nitrogens with one attached hydrogen (secondary N) is 1. The Morgan fingerprint density at radius 3 is 2.57 bits per heavy atom. The molecule has 0 radical (unpaired) electrons. The average molecular weight is 287 g/mol. The highest BCUT2D eigenvalue weighted by Gasteiger charge is 2.42. The first kappa shape index (κ1) is 15.1. The molecule has 0 heterocycles. The summed E-state index contributed by atoms with van der Waals surface area (Å²) < 4.78 is 6.28. The van der Waals surface area contributed by atoms with Crippen LogP contribution in [0.5, 0.6) is 0 Å². The van der Waals surface area contributed by atoms with E-state index >= 15 is 0 Å². The molecule has 3 rings (SSSR count). The molecule has 0 saturated heterocycles. The Balaban J connectivity index is 1.87. The van der Waals surface area contributed by atoms with Crippen LogP contribution in [0.15, 0.2) is 24.3 Å². The second-order valence-corrected chi connectivity index (χ2v) is 6.72. The van der Waals surface area contributed by atoms with Gasteiger partial charge < -0.3 is 10.1 Å². The van der Waals surface area contributed by atoms with E-state index < -0.39 is 0 Å². The third kappa shape index (κ3) is 2.89. The lowest BCUT2D eigenvalue weighted by atomic mass is 9.78. The molecule has 1 N–H and O–H groups in total. The van der Waals surface area contributed by atoms with Crippen molar-refractivity contribution in [2.75, 3.05) is 13.7 Å². The highest BCUT2D eigenvalue weighted by Crippen LogP contribution is 2.44. The minimum Gasteiger partial charge on any atom is -0.373 e. The fourth-order valence-corrected chi connectivity index (χ4v) is 4.24. The lowest BCUT2D eigenvalue weighted by molar-refractivity contribution is -0.0610. The van der Waals surface area contributed by atoms with E-state index in [1.807, 2.05) is 0 Å². The van der Waals surface area contributed by atoms with Gasteiger partial charge >= 0.3 is 0 Å². The van der Waals surface area contributed by atoms with Gasteiger partial charge in [-0.25, -0.2) is 0 Å². The molecule has 0 aliphatic heterocycles. The molecule has 1 aromatic rings. The molecule has 2 saturated carbocycles. The van der Waals surface area contributed by atoms with Gasteiger partial charge in [-0.05, 0) is 56.7 Å². The van der Waals surface area contributed by atoms with Gasteiger partial charge in [0.25, 0.3) is 0 Å². The van der Waals surface area contributed by atoms with Crippen LogP contribution in [0.3, 0.4) is 0 Å². The summed E-state index contributed by atoms with van der Waals surface area (Å²) in [6.45, 7) is 2.93. The molecule has 0 bridgehead atoms. The third-order valence-corrected chi connectivity index (χ3v) is 5.52. The summed E-state index contributed by atoms with van der Waals surface area (Å²) in [7, 11) is 2.08.